The van der Waals surface area contributed by atoms with Gasteiger partial charge in [0.2, 0.25) is 10.0 Å². The fraction of sp³-hybridized carbons (Fsp3) is 0.650. The first-order valence-corrected chi connectivity index (χ1v) is 11.6. The molecule has 1 unspecified atom stereocenters. The molecule has 1 atom stereocenters. The molecule has 27 heavy (non-hydrogen) atoms. The predicted molar refractivity (Wildman–Crippen MR) is 109 cm³/mol. The fourth-order valence-corrected chi connectivity index (χ4v) is 5.61. The highest BCUT2D eigenvalue weighted by molar-refractivity contribution is 7.90. The zero-order valence-electron chi connectivity index (χ0n) is 16.6. The minimum atomic E-state index is -3.70. The third kappa shape index (κ3) is 4.63. The first-order valence-electron chi connectivity index (χ1n) is 9.99. The van der Waals surface area contributed by atoms with Crippen molar-refractivity contribution in [2.45, 2.75) is 64.8 Å². The lowest BCUT2D eigenvalue weighted by Crippen LogP contribution is -2.43. The van der Waals surface area contributed by atoms with Gasteiger partial charge in [-0.1, -0.05) is 13.0 Å². The van der Waals surface area contributed by atoms with Crippen LogP contribution in [0, 0.1) is 0 Å². The van der Waals surface area contributed by atoms with E-state index >= 15 is 0 Å². The number of carbonyl (C=O) groups is 1. The molecular weight excluding hydrogens is 362 g/mol. The summed E-state index contributed by atoms with van der Waals surface area (Å²) < 4.78 is 27.0. The largest absolute Gasteiger partial charge is 0.332 e. The van der Waals surface area contributed by atoms with Gasteiger partial charge in [-0.15, -0.1) is 0 Å². The molecule has 0 spiro atoms. The molecule has 0 saturated carbocycles. The Kier molecular flexibility index (Phi) is 6.11. The number of nitrogens with zero attached hydrogens (tertiary/aromatic N) is 1. The molecule has 3 rings (SSSR count). The molecular formula is C20H31N3O3S. The van der Waals surface area contributed by atoms with E-state index in [0.29, 0.717) is 0 Å². The zero-order valence-corrected chi connectivity index (χ0v) is 17.4. The van der Waals surface area contributed by atoms with E-state index in [-0.39, 0.29) is 11.8 Å². The molecule has 7 heteroatoms. The SMILES string of the molecule is CCCN(C)C(C)CS(=O)(=O)NC(=O)Nc1c2c(cc3c1CCC3)CCC2. The van der Waals surface area contributed by atoms with Gasteiger partial charge < -0.3 is 10.2 Å². The molecule has 0 fully saturated rings. The molecule has 2 aliphatic rings. The zero-order chi connectivity index (χ0) is 19.6. The summed E-state index contributed by atoms with van der Waals surface area (Å²) >= 11 is 0. The van der Waals surface area contributed by atoms with Gasteiger partial charge >= 0.3 is 6.03 Å². The highest BCUT2D eigenvalue weighted by Crippen LogP contribution is 2.38. The Morgan fingerprint density at radius 2 is 1.74 bits per heavy atom. The first-order chi connectivity index (χ1) is 12.8. The summed E-state index contributed by atoms with van der Waals surface area (Å²) in [6.07, 6.45) is 7.12. The van der Waals surface area contributed by atoms with Crippen molar-refractivity contribution < 1.29 is 13.2 Å². The summed E-state index contributed by atoms with van der Waals surface area (Å²) in [5.41, 5.74) is 5.87. The van der Waals surface area contributed by atoms with Crippen LogP contribution in [0.1, 0.15) is 55.4 Å². The summed E-state index contributed by atoms with van der Waals surface area (Å²) in [5, 5.41) is 2.88. The third-order valence-corrected chi connectivity index (χ3v) is 7.17. The van der Waals surface area contributed by atoms with E-state index in [9.17, 15) is 13.2 Å². The molecule has 2 N–H and O–H groups in total. The number of fused-ring (bicyclic) bond motifs is 2. The maximum atomic E-state index is 12.5. The Labute approximate surface area is 162 Å². The number of hydrogen-bond acceptors (Lipinski definition) is 4. The van der Waals surface area contributed by atoms with Crippen molar-refractivity contribution in [1.82, 2.24) is 9.62 Å². The highest BCUT2D eigenvalue weighted by Gasteiger charge is 2.26. The van der Waals surface area contributed by atoms with Gasteiger partial charge in [0.25, 0.3) is 0 Å². The molecule has 0 saturated heterocycles. The average Bonchev–Trinajstić information content (AvgIpc) is 3.22. The Hall–Kier alpha value is -1.60. The molecule has 2 amide bonds. The van der Waals surface area contributed by atoms with Gasteiger partial charge in [0.05, 0.1) is 5.75 Å². The number of sulfonamides is 1. The summed E-state index contributed by atoms with van der Waals surface area (Å²) in [5.74, 6) is -0.0953. The van der Waals surface area contributed by atoms with Gasteiger partial charge in [-0.25, -0.2) is 17.9 Å². The second kappa shape index (κ2) is 8.19. The number of hydrogen-bond donors (Lipinski definition) is 2. The lowest BCUT2D eigenvalue weighted by Gasteiger charge is -2.24. The van der Waals surface area contributed by atoms with Crippen LogP contribution in [0.25, 0.3) is 0 Å². The van der Waals surface area contributed by atoms with E-state index < -0.39 is 16.1 Å². The maximum absolute atomic E-state index is 12.5. The number of urea groups is 1. The summed E-state index contributed by atoms with van der Waals surface area (Å²) in [6.45, 7) is 4.75. The standard InChI is InChI=1S/C20H31N3O3S/c1-4-11-23(3)14(2)13-27(25,26)22-20(24)21-19-17-9-5-7-15(17)12-16-8-6-10-18(16)19/h12,14H,4-11,13H2,1-3H3,(H2,21,22,24). The van der Waals surface area contributed by atoms with Crippen LogP contribution in [0.3, 0.4) is 0 Å². The van der Waals surface area contributed by atoms with Crippen LogP contribution in [0.15, 0.2) is 6.07 Å². The van der Waals surface area contributed by atoms with Crippen LogP contribution >= 0.6 is 0 Å². The van der Waals surface area contributed by atoms with E-state index in [1.807, 2.05) is 18.9 Å². The smallest absolute Gasteiger partial charge is 0.307 e. The van der Waals surface area contributed by atoms with E-state index in [0.717, 1.165) is 57.2 Å². The molecule has 0 aromatic heterocycles. The molecule has 1 aromatic carbocycles. The van der Waals surface area contributed by atoms with Crippen LogP contribution in [-0.2, 0) is 35.7 Å². The lowest BCUT2D eigenvalue weighted by atomic mass is 9.99. The number of rotatable bonds is 7. The molecule has 150 valence electrons. The topological polar surface area (TPSA) is 78.5 Å². The summed E-state index contributed by atoms with van der Waals surface area (Å²) in [4.78, 5) is 14.5. The van der Waals surface area contributed by atoms with Crippen molar-refractivity contribution in [1.29, 1.82) is 0 Å². The van der Waals surface area contributed by atoms with E-state index in [1.54, 1.807) is 0 Å². The molecule has 0 bridgehead atoms. The highest BCUT2D eigenvalue weighted by atomic mass is 32.2. The molecule has 0 heterocycles. The Bertz CT molecular complexity index is 788. The van der Waals surface area contributed by atoms with Crippen molar-refractivity contribution in [2.24, 2.45) is 0 Å². The summed E-state index contributed by atoms with van der Waals surface area (Å²) in [6, 6.07) is 1.49. The van der Waals surface area contributed by atoms with E-state index in [2.05, 4.69) is 23.0 Å². The van der Waals surface area contributed by atoms with Crippen LogP contribution in [0.2, 0.25) is 0 Å². The van der Waals surface area contributed by atoms with Crippen molar-refractivity contribution in [2.75, 3.05) is 24.7 Å². The predicted octanol–water partition coefficient (Wildman–Crippen LogP) is 2.85. The monoisotopic (exact) mass is 393 g/mol. The van der Waals surface area contributed by atoms with Gasteiger partial charge in [-0.3, -0.25) is 0 Å². The van der Waals surface area contributed by atoms with Crippen molar-refractivity contribution in [3.63, 3.8) is 0 Å². The normalized spacial score (nSPS) is 16.9. The van der Waals surface area contributed by atoms with Gasteiger partial charge in [0.15, 0.2) is 0 Å². The molecule has 0 aliphatic heterocycles. The van der Waals surface area contributed by atoms with Crippen molar-refractivity contribution in [3.05, 3.63) is 28.3 Å². The minimum Gasteiger partial charge on any atom is -0.307 e. The number of aryl methyl sites for hydroxylation is 2. The summed E-state index contributed by atoms with van der Waals surface area (Å²) in [7, 11) is -1.79. The Morgan fingerprint density at radius 1 is 1.15 bits per heavy atom. The number of amides is 2. The lowest BCUT2D eigenvalue weighted by molar-refractivity contribution is 0.256. The molecule has 2 aliphatic carbocycles. The van der Waals surface area contributed by atoms with E-state index in [4.69, 9.17) is 0 Å². The van der Waals surface area contributed by atoms with Crippen LogP contribution < -0.4 is 10.0 Å². The second-order valence-corrected chi connectivity index (χ2v) is 9.67. The average molecular weight is 394 g/mol. The van der Waals surface area contributed by atoms with Crippen LogP contribution in [0.5, 0.6) is 0 Å². The molecule has 6 nitrogen and oxygen atoms in total. The van der Waals surface area contributed by atoms with Gasteiger partial charge in [-0.05, 0) is 87.7 Å². The third-order valence-electron chi connectivity index (χ3n) is 5.75. The first kappa shape index (κ1) is 20.1. The van der Waals surface area contributed by atoms with Gasteiger partial charge in [0.1, 0.15) is 0 Å². The van der Waals surface area contributed by atoms with Crippen molar-refractivity contribution >= 4 is 21.7 Å². The second-order valence-electron chi connectivity index (χ2n) is 7.90. The quantitative estimate of drug-likeness (QED) is 0.747. The van der Waals surface area contributed by atoms with Crippen LogP contribution in [-0.4, -0.2) is 44.7 Å². The Morgan fingerprint density at radius 3 is 2.30 bits per heavy atom. The number of anilines is 1. The minimum absolute atomic E-state index is 0.0953. The number of benzene rings is 1. The van der Waals surface area contributed by atoms with Gasteiger partial charge in [0, 0.05) is 11.7 Å². The molecule has 0 radical (unpaired) electrons. The van der Waals surface area contributed by atoms with Crippen molar-refractivity contribution in [3.8, 4) is 0 Å². The maximum Gasteiger partial charge on any atom is 0.332 e. The molecule has 1 aromatic rings. The fourth-order valence-electron chi connectivity index (χ4n) is 4.31. The van der Waals surface area contributed by atoms with Gasteiger partial charge in [-0.2, -0.15) is 0 Å². The van der Waals surface area contributed by atoms with E-state index in [1.165, 1.54) is 22.3 Å². The number of nitrogens with one attached hydrogen (secondary N) is 2. The van der Waals surface area contributed by atoms with Crippen LogP contribution in [0.4, 0.5) is 10.5 Å². The number of carbonyl (C=O) groups excluding carboxylic acids is 1. The Balaban J connectivity index is 1.70.